The Morgan fingerprint density at radius 1 is 1.00 bits per heavy atom. The van der Waals surface area contributed by atoms with Crippen LogP contribution in [0, 0.1) is 0 Å². The maximum Gasteiger partial charge on any atom is 0.417 e. The van der Waals surface area contributed by atoms with E-state index in [9.17, 15) is 26.3 Å². The Labute approximate surface area is 105 Å². The molecule has 0 aliphatic rings. The van der Waals surface area contributed by atoms with Crippen LogP contribution >= 0.6 is 11.6 Å². The summed E-state index contributed by atoms with van der Waals surface area (Å²) in [5.41, 5.74) is -3.67. The van der Waals surface area contributed by atoms with Gasteiger partial charge in [0.2, 0.25) is 0 Å². The average molecular weight is 291 g/mol. The molecule has 0 saturated heterocycles. The van der Waals surface area contributed by atoms with Crippen LogP contribution in [-0.4, -0.2) is 0 Å². The molecule has 0 unspecified atom stereocenters. The van der Waals surface area contributed by atoms with E-state index < -0.39 is 29.0 Å². The molecule has 0 aromatic heterocycles. The van der Waals surface area contributed by atoms with Gasteiger partial charge in [-0.25, -0.2) is 0 Å². The molecule has 1 aromatic rings. The Hall–Kier alpha value is -0.910. The first-order chi connectivity index (χ1) is 8.11. The Kier molecular flexibility index (Phi) is 4.20. The number of alkyl halides is 7. The molecule has 0 fully saturated rings. The van der Waals surface area contributed by atoms with Crippen molar-refractivity contribution in [2.75, 3.05) is 0 Å². The highest BCUT2D eigenvalue weighted by molar-refractivity contribution is 6.17. The quantitative estimate of drug-likeness (QED) is 0.529. The van der Waals surface area contributed by atoms with Crippen molar-refractivity contribution < 1.29 is 26.3 Å². The minimum absolute atomic E-state index is 0.0221. The van der Waals surface area contributed by atoms with E-state index in [0.29, 0.717) is 6.07 Å². The van der Waals surface area contributed by atoms with Crippen molar-refractivity contribution in [3.05, 3.63) is 34.4 Å². The number of aryl methyl sites for hydroxylation is 1. The Bertz CT molecular complexity index is 432. The zero-order chi connectivity index (χ0) is 14.1. The first-order valence-corrected chi connectivity index (χ1v) is 5.50. The van der Waals surface area contributed by atoms with Crippen LogP contribution in [0.2, 0.25) is 0 Å². The van der Waals surface area contributed by atoms with Crippen LogP contribution in [0.4, 0.5) is 26.3 Å². The van der Waals surface area contributed by atoms with E-state index in [1.165, 1.54) is 6.92 Å². The summed E-state index contributed by atoms with van der Waals surface area (Å²) in [5.74, 6) is -0.270. The summed E-state index contributed by atoms with van der Waals surface area (Å²) >= 11 is 5.40. The fourth-order valence-corrected chi connectivity index (χ4v) is 1.84. The van der Waals surface area contributed by atoms with Crippen LogP contribution in [0.3, 0.4) is 0 Å². The standard InChI is InChI=1S/C11H9ClF6/c1-2-7-3-6(5-12)4-8(10(13,14)15)9(7)11(16,17)18/h3-4H,2,5H2,1H3. The molecule has 0 aliphatic carbocycles. The van der Waals surface area contributed by atoms with Crippen molar-refractivity contribution in [2.24, 2.45) is 0 Å². The molecular weight excluding hydrogens is 282 g/mol. The van der Waals surface area contributed by atoms with Gasteiger partial charge in [-0.15, -0.1) is 11.6 Å². The summed E-state index contributed by atoms with van der Waals surface area (Å²) in [7, 11) is 0. The third-order valence-electron chi connectivity index (χ3n) is 2.40. The van der Waals surface area contributed by atoms with Gasteiger partial charge in [0.1, 0.15) is 0 Å². The van der Waals surface area contributed by atoms with E-state index in [0.717, 1.165) is 6.07 Å². The highest BCUT2D eigenvalue weighted by atomic mass is 35.5. The Morgan fingerprint density at radius 3 is 1.89 bits per heavy atom. The van der Waals surface area contributed by atoms with Gasteiger partial charge in [0.25, 0.3) is 0 Å². The van der Waals surface area contributed by atoms with Crippen molar-refractivity contribution in [3.63, 3.8) is 0 Å². The van der Waals surface area contributed by atoms with E-state index >= 15 is 0 Å². The molecule has 102 valence electrons. The van der Waals surface area contributed by atoms with Crippen LogP contribution in [0.5, 0.6) is 0 Å². The molecule has 1 aromatic carbocycles. The van der Waals surface area contributed by atoms with E-state index in [1.54, 1.807) is 0 Å². The minimum atomic E-state index is -5.06. The molecule has 0 bridgehead atoms. The molecule has 0 aliphatic heterocycles. The van der Waals surface area contributed by atoms with Crippen molar-refractivity contribution in [1.29, 1.82) is 0 Å². The number of halogens is 7. The lowest BCUT2D eigenvalue weighted by Crippen LogP contribution is -2.19. The second-order valence-corrected chi connectivity index (χ2v) is 3.93. The summed E-state index contributed by atoms with van der Waals surface area (Å²) < 4.78 is 76.2. The van der Waals surface area contributed by atoms with Crippen LogP contribution in [0.25, 0.3) is 0 Å². The predicted molar refractivity (Wildman–Crippen MR) is 55.4 cm³/mol. The van der Waals surface area contributed by atoms with Gasteiger partial charge in [-0.05, 0) is 23.6 Å². The van der Waals surface area contributed by atoms with Crippen LogP contribution < -0.4 is 0 Å². The predicted octanol–water partition coefficient (Wildman–Crippen LogP) is 5.03. The molecule has 18 heavy (non-hydrogen) atoms. The normalized spacial score (nSPS) is 12.9. The van der Waals surface area contributed by atoms with Crippen molar-refractivity contribution in [3.8, 4) is 0 Å². The average Bonchev–Trinajstić information content (AvgIpc) is 2.24. The molecule has 0 heterocycles. The number of benzene rings is 1. The van der Waals surface area contributed by atoms with Gasteiger partial charge < -0.3 is 0 Å². The van der Waals surface area contributed by atoms with Gasteiger partial charge in [0.05, 0.1) is 11.1 Å². The lowest BCUT2D eigenvalue weighted by Gasteiger charge is -2.19. The molecule has 0 amide bonds. The van der Waals surface area contributed by atoms with Crippen molar-refractivity contribution >= 4 is 11.6 Å². The van der Waals surface area contributed by atoms with E-state index in [2.05, 4.69) is 0 Å². The maximum absolute atomic E-state index is 12.7. The first kappa shape index (κ1) is 15.1. The smallest absolute Gasteiger partial charge is 0.166 e. The number of hydrogen-bond donors (Lipinski definition) is 0. The third kappa shape index (κ3) is 3.10. The lowest BCUT2D eigenvalue weighted by molar-refractivity contribution is -0.162. The fourth-order valence-electron chi connectivity index (χ4n) is 1.68. The monoisotopic (exact) mass is 290 g/mol. The van der Waals surface area contributed by atoms with Crippen LogP contribution in [0.15, 0.2) is 12.1 Å². The molecule has 7 heteroatoms. The number of rotatable bonds is 2. The van der Waals surface area contributed by atoms with Gasteiger partial charge in [0, 0.05) is 5.88 Å². The summed E-state index contributed by atoms with van der Waals surface area (Å²) in [6.45, 7) is 1.36. The molecule has 1 rings (SSSR count). The zero-order valence-electron chi connectivity index (χ0n) is 9.21. The summed E-state index contributed by atoms with van der Waals surface area (Å²) in [6, 6.07) is 1.51. The minimum Gasteiger partial charge on any atom is -0.166 e. The van der Waals surface area contributed by atoms with E-state index in [4.69, 9.17) is 11.6 Å². The fraction of sp³-hybridized carbons (Fsp3) is 0.455. The molecular formula is C11H9ClF6. The molecule has 0 nitrogen and oxygen atoms in total. The van der Waals surface area contributed by atoms with Gasteiger partial charge >= 0.3 is 12.4 Å². The van der Waals surface area contributed by atoms with E-state index in [-0.39, 0.29) is 17.9 Å². The van der Waals surface area contributed by atoms with Gasteiger partial charge in [-0.3, -0.25) is 0 Å². The molecule has 0 N–H and O–H groups in total. The van der Waals surface area contributed by atoms with Crippen molar-refractivity contribution in [2.45, 2.75) is 31.6 Å². The first-order valence-electron chi connectivity index (χ1n) is 4.97. The highest BCUT2D eigenvalue weighted by Crippen LogP contribution is 2.43. The largest absolute Gasteiger partial charge is 0.417 e. The van der Waals surface area contributed by atoms with Crippen LogP contribution in [-0.2, 0) is 24.7 Å². The molecule has 0 radical (unpaired) electrons. The summed E-state index contributed by atoms with van der Waals surface area (Å²) in [4.78, 5) is 0. The second-order valence-electron chi connectivity index (χ2n) is 3.66. The molecule has 0 saturated carbocycles. The summed E-state index contributed by atoms with van der Waals surface area (Å²) in [6.07, 6.45) is -10.2. The van der Waals surface area contributed by atoms with Gasteiger partial charge in [-0.1, -0.05) is 13.0 Å². The van der Waals surface area contributed by atoms with Gasteiger partial charge in [-0.2, -0.15) is 26.3 Å². The number of hydrogen-bond acceptors (Lipinski definition) is 0. The summed E-state index contributed by atoms with van der Waals surface area (Å²) in [5, 5.41) is 0. The Balaban J connectivity index is 3.64. The SMILES string of the molecule is CCc1cc(CCl)cc(C(F)(F)F)c1C(F)(F)F. The highest BCUT2D eigenvalue weighted by Gasteiger charge is 2.44. The zero-order valence-corrected chi connectivity index (χ0v) is 9.97. The van der Waals surface area contributed by atoms with Crippen molar-refractivity contribution in [1.82, 2.24) is 0 Å². The van der Waals surface area contributed by atoms with Gasteiger partial charge in [0.15, 0.2) is 0 Å². The topological polar surface area (TPSA) is 0 Å². The second kappa shape index (κ2) is 4.99. The lowest BCUT2D eigenvalue weighted by atomic mass is 9.95. The van der Waals surface area contributed by atoms with E-state index in [1.807, 2.05) is 0 Å². The molecule has 0 spiro atoms. The van der Waals surface area contributed by atoms with Crippen LogP contribution in [0.1, 0.15) is 29.2 Å². The molecule has 0 atom stereocenters. The maximum atomic E-state index is 12.7. The third-order valence-corrected chi connectivity index (χ3v) is 2.71. The Morgan fingerprint density at radius 2 is 1.56 bits per heavy atom.